The number of halogens is 1. The van der Waals surface area contributed by atoms with Gasteiger partial charge in [-0.1, -0.05) is 24.3 Å². The summed E-state index contributed by atoms with van der Waals surface area (Å²) in [6.07, 6.45) is 0. The molecule has 3 rings (SSSR count). The first kappa shape index (κ1) is 18.8. The van der Waals surface area contributed by atoms with Gasteiger partial charge in [-0.3, -0.25) is 0 Å². The summed E-state index contributed by atoms with van der Waals surface area (Å²) in [5.41, 5.74) is 5.98. The van der Waals surface area contributed by atoms with Crippen molar-refractivity contribution in [1.82, 2.24) is 0 Å². The first-order chi connectivity index (χ1) is 12.8. The van der Waals surface area contributed by atoms with E-state index in [0.29, 0.717) is 5.75 Å². The van der Waals surface area contributed by atoms with Crippen molar-refractivity contribution in [2.24, 2.45) is 0 Å². The van der Waals surface area contributed by atoms with Crippen LogP contribution in [0.2, 0.25) is 0 Å². The molecule has 0 amide bonds. The third-order valence-corrected chi connectivity index (χ3v) is 3.91. The van der Waals surface area contributed by atoms with Crippen LogP contribution in [0.4, 0.5) is 27.1 Å². The van der Waals surface area contributed by atoms with Gasteiger partial charge in [-0.25, -0.2) is 0 Å². The van der Waals surface area contributed by atoms with Gasteiger partial charge in [0.2, 0.25) is 5.85 Å². The number of nitrogens with one attached hydrogen (secondary N) is 2. The minimum absolute atomic E-state index is 0.466. The molecule has 0 saturated heterocycles. The molecule has 140 valence electrons. The average molecular weight is 364 g/mol. The minimum atomic E-state index is -1.74. The number of ether oxygens (including phenoxy) is 1. The summed E-state index contributed by atoms with van der Waals surface area (Å²) in [6.45, 7) is 6.90. The molecule has 3 aromatic rings. The van der Waals surface area contributed by atoms with Gasteiger partial charge in [0, 0.05) is 31.3 Å². The van der Waals surface area contributed by atoms with Crippen LogP contribution in [0.5, 0.6) is 5.75 Å². The van der Waals surface area contributed by atoms with E-state index in [2.05, 4.69) is 42.7 Å². The largest absolute Gasteiger partial charge is 0.458 e. The van der Waals surface area contributed by atoms with Gasteiger partial charge in [0.05, 0.1) is 11.4 Å². The highest BCUT2D eigenvalue weighted by molar-refractivity contribution is 5.79. The Kier molecular flexibility index (Phi) is 5.36. The molecule has 3 nitrogen and oxygen atoms in total. The maximum absolute atomic E-state index is 13.9. The lowest BCUT2D eigenvalue weighted by molar-refractivity contribution is -0.0256. The molecule has 0 fully saturated rings. The molecular formula is C23H25FN2O. The Bertz CT molecular complexity index is 897. The normalized spacial score (nSPS) is 11.1. The Morgan fingerprint density at radius 3 is 2.00 bits per heavy atom. The quantitative estimate of drug-likeness (QED) is 0.500. The predicted octanol–water partition coefficient (Wildman–Crippen LogP) is 6.88. The summed E-state index contributed by atoms with van der Waals surface area (Å²) < 4.78 is 19.3. The minimum Gasteiger partial charge on any atom is -0.458 e. The van der Waals surface area contributed by atoms with Crippen molar-refractivity contribution in [1.29, 1.82) is 0 Å². The van der Waals surface area contributed by atoms with Crippen molar-refractivity contribution in [2.75, 3.05) is 10.6 Å². The van der Waals surface area contributed by atoms with Crippen LogP contribution in [0.15, 0.2) is 66.7 Å². The van der Waals surface area contributed by atoms with Crippen LogP contribution < -0.4 is 15.4 Å². The summed E-state index contributed by atoms with van der Waals surface area (Å²) in [6, 6.07) is 21.6. The van der Waals surface area contributed by atoms with Gasteiger partial charge in [-0.15, -0.1) is 0 Å². The van der Waals surface area contributed by atoms with Gasteiger partial charge < -0.3 is 15.4 Å². The molecule has 0 aliphatic heterocycles. The third-order valence-electron chi connectivity index (χ3n) is 3.91. The molecule has 0 bridgehead atoms. The van der Waals surface area contributed by atoms with Crippen molar-refractivity contribution >= 4 is 22.7 Å². The molecule has 0 spiro atoms. The Morgan fingerprint density at radius 1 is 0.741 bits per heavy atom. The van der Waals surface area contributed by atoms with E-state index in [0.717, 1.165) is 22.7 Å². The first-order valence-corrected chi connectivity index (χ1v) is 8.98. The standard InChI is InChI=1S/C23H25FN2O/c1-16-12-17(2)14-19(13-16)26-22-15-20(27-23(3,4)24)10-11-21(22)25-18-8-6-5-7-9-18/h5-15,25-26H,1-4H3. The van der Waals surface area contributed by atoms with Crippen LogP contribution in [0, 0.1) is 13.8 Å². The van der Waals surface area contributed by atoms with Gasteiger partial charge >= 0.3 is 0 Å². The molecule has 0 saturated carbocycles. The third kappa shape index (κ3) is 5.48. The number of benzene rings is 3. The lowest BCUT2D eigenvalue weighted by Gasteiger charge is -2.20. The lowest BCUT2D eigenvalue weighted by Crippen LogP contribution is -2.21. The second-order valence-electron chi connectivity index (χ2n) is 7.17. The molecule has 2 N–H and O–H groups in total. The molecule has 4 heteroatoms. The van der Waals surface area contributed by atoms with Crippen molar-refractivity contribution in [3.8, 4) is 5.75 Å². The highest BCUT2D eigenvalue weighted by Gasteiger charge is 2.18. The number of anilines is 4. The summed E-state index contributed by atoms with van der Waals surface area (Å²) in [5.74, 6) is -1.28. The van der Waals surface area contributed by atoms with Gasteiger partial charge in [-0.2, -0.15) is 4.39 Å². The highest BCUT2D eigenvalue weighted by atomic mass is 19.2. The molecule has 0 aliphatic carbocycles. The fraction of sp³-hybridized carbons (Fsp3) is 0.217. The van der Waals surface area contributed by atoms with E-state index in [9.17, 15) is 4.39 Å². The summed E-state index contributed by atoms with van der Waals surface area (Å²) >= 11 is 0. The summed E-state index contributed by atoms with van der Waals surface area (Å²) in [7, 11) is 0. The fourth-order valence-corrected chi connectivity index (χ4v) is 2.96. The molecule has 0 unspecified atom stereocenters. The van der Waals surface area contributed by atoms with Gasteiger partial charge in [-0.05, 0) is 61.4 Å². The van der Waals surface area contributed by atoms with Crippen molar-refractivity contribution < 1.29 is 9.13 Å². The van der Waals surface area contributed by atoms with Gasteiger partial charge in [0.1, 0.15) is 5.75 Å². The molecule has 0 radical (unpaired) electrons. The summed E-state index contributed by atoms with van der Waals surface area (Å²) in [4.78, 5) is 0. The molecular weight excluding hydrogens is 339 g/mol. The van der Waals surface area contributed by atoms with Gasteiger partial charge in [0.25, 0.3) is 0 Å². The van der Waals surface area contributed by atoms with Gasteiger partial charge in [0.15, 0.2) is 0 Å². The predicted molar refractivity (Wildman–Crippen MR) is 111 cm³/mol. The molecule has 0 aromatic heterocycles. The number of hydrogen-bond acceptors (Lipinski definition) is 3. The first-order valence-electron chi connectivity index (χ1n) is 8.98. The maximum Gasteiger partial charge on any atom is 0.242 e. The lowest BCUT2D eigenvalue weighted by atomic mass is 10.1. The van der Waals surface area contributed by atoms with Crippen LogP contribution in [0.1, 0.15) is 25.0 Å². The molecule has 0 atom stereocenters. The molecule has 0 heterocycles. The van der Waals surface area contributed by atoms with Crippen LogP contribution in [0.3, 0.4) is 0 Å². The Balaban J connectivity index is 1.96. The van der Waals surface area contributed by atoms with Crippen molar-refractivity contribution in [3.05, 3.63) is 77.9 Å². The van der Waals surface area contributed by atoms with E-state index < -0.39 is 5.85 Å². The second kappa shape index (κ2) is 7.70. The van der Waals surface area contributed by atoms with Crippen molar-refractivity contribution in [3.63, 3.8) is 0 Å². The second-order valence-corrected chi connectivity index (χ2v) is 7.17. The SMILES string of the molecule is Cc1cc(C)cc(Nc2cc(OC(C)(C)F)ccc2Nc2ccccc2)c1. The van der Waals surface area contributed by atoms with E-state index >= 15 is 0 Å². The smallest absolute Gasteiger partial charge is 0.242 e. The van der Waals surface area contributed by atoms with E-state index in [1.165, 1.54) is 25.0 Å². The zero-order valence-electron chi connectivity index (χ0n) is 16.1. The van der Waals surface area contributed by atoms with E-state index in [1.54, 1.807) is 6.07 Å². The van der Waals surface area contributed by atoms with Crippen molar-refractivity contribution in [2.45, 2.75) is 33.5 Å². The molecule has 0 aliphatic rings. The Hall–Kier alpha value is -3.01. The zero-order chi connectivity index (χ0) is 19.4. The summed E-state index contributed by atoms with van der Waals surface area (Å²) in [5, 5.41) is 6.84. The molecule has 27 heavy (non-hydrogen) atoms. The number of para-hydroxylation sites is 1. The number of alkyl halides is 1. The zero-order valence-corrected chi connectivity index (χ0v) is 16.1. The van der Waals surface area contributed by atoms with Crippen LogP contribution in [-0.2, 0) is 0 Å². The maximum atomic E-state index is 13.9. The Morgan fingerprint density at radius 2 is 1.37 bits per heavy atom. The highest BCUT2D eigenvalue weighted by Crippen LogP contribution is 2.34. The Labute approximate surface area is 160 Å². The average Bonchev–Trinajstić information content (AvgIpc) is 2.56. The van der Waals surface area contributed by atoms with Crippen LogP contribution in [-0.4, -0.2) is 5.85 Å². The topological polar surface area (TPSA) is 33.3 Å². The van der Waals surface area contributed by atoms with E-state index in [4.69, 9.17) is 4.74 Å². The fourth-order valence-electron chi connectivity index (χ4n) is 2.96. The monoisotopic (exact) mass is 364 g/mol. The van der Waals surface area contributed by atoms with E-state index in [-0.39, 0.29) is 0 Å². The number of aryl methyl sites for hydroxylation is 2. The number of rotatable bonds is 6. The van der Waals surface area contributed by atoms with Crippen LogP contribution in [0.25, 0.3) is 0 Å². The van der Waals surface area contributed by atoms with E-state index in [1.807, 2.05) is 42.5 Å². The molecule has 3 aromatic carbocycles. The number of hydrogen-bond donors (Lipinski definition) is 2. The van der Waals surface area contributed by atoms with Crippen LogP contribution >= 0.6 is 0 Å².